The molecule has 0 aliphatic carbocycles. The second-order valence-corrected chi connectivity index (χ2v) is 9.17. The summed E-state index contributed by atoms with van der Waals surface area (Å²) in [5.74, 6) is 2.17. The number of benzene rings is 3. The van der Waals surface area contributed by atoms with E-state index in [4.69, 9.17) is 9.72 Å². The van der Waals surface area contributed by atoms with E-state index in [2.05, 4.69) is 52.7 Å². The quantitative estimate of drug-likeness (QED) is 0.379. The van der Waals surface area contributed by atoms with Gasteiger partial charge in [0.1, 0.15) is 17.1 Å². The first kappa shape index (κ1) is 22.9. The van der Waals surface area contributed by atoms with Crippen molar-refractivity contribution in [2.45, 2.75) is 25.8 Å². The van der Waals surface area contributed by atoms with E-state index in [0.717, 1.165) is 54.6 Å². The van der Waals surface area contributed by atoms with E-state index in [-0.39, 0.29) is 12.5 Å². The summed E-state index contributed by atoms with van der Waals surface area (Å²) in [6, 6.07) is 30.7. The van der Waals surface area contributed by atoms with Crippen LogP contribution < -0.4 is 15.0 Å². The normalized spacial score (nSPS) is 14.1. The first-order valence-corrected chi connectivity index (χ1v) is 12.4. The molecular weight excluding hydrogens is 434 g/mol. The third-order valence-corrected chi connectivity index (χ3v) is 6.67. The maximum Gasteiger partial charge on any atom is 0.258 e. The number of pyridine rings is 1. The van der Waals surface area contributed by atoms with Crippen LogP contribution >= 0.6 is 0 Å². The van der Waals surface area contributed by atoms with Gasteiger partial charge < -0.3 is 15.0 Å². The van der Waals surface area contributed by atoms with Gasteiger partial charge in [-0.15, -0.1) is 0 Å². The standard InChI is InChI=1S/C30H31N3O2/c34-29(31-21-25-10-5-2-6-11-25)22-35-27-13-7-12-26-14-15-28(32-30(26)27)33-18-16-24(17-19-33)20-23-8-3-1-4-9-23/h1-15,24H,16-22H2,(H,31,34). The second-order valence-electron chi connectivity index (χ2n) is 9.17. The van der Waals surface area contributed by atoms with E-state index in [1.54, 1.807) is 0 Å². The highest BCUT2D eigenvalue weighted by atomic mass is 16.5. The first-order chi connectivity index (χ1) is 17.2. The molecule has 3 aromatic carbocycles. The number of carbonyl (C=O) groups is 1. The molecule has 0 atom stereocenters. The predicted octanol–water partition coefficient (Wildman–Crippen LogP) is 5.39. The highest BCUT2D eigenvalue weighted by Crippen LogP contribution is 2.29. The fraction of sp³-hybridized carbons (Fsp3) is 0.267. The van der Waals surface area contributed by atoms with Crippen molar-refractivity contribution in [2.24, 2.45) is 5.92 Å². The van der Waals surface area contributed by atoms with Crippen LogP contribution in [-0.4, -0.2) is 30.6 Å². The Balaban J connectivity index is 1.20. The minimum Gasteiger partial charge on any atom is -0.481 e. The molecule has 1 aromatic heterocycles. The van der Waals surface area contributed by atoms with Gasteiger partial charge in [0.05, 0.1) is 0 Å². The molecule has 4 aromatic rings. The van der Waals surface area contributed by atoms with Crippen molar-refractivity contribution in [1.29, 1.82) is 0 Å². The number of anilines is 1. The van der Waals surface area contributed by atoms with Gasteiger partial charge in [0.15, 0.2) is 6.61 Å². The Morgan fingerprint density at radius 2 is 1.57 bits per heavy atom. The number of amides is 1. The van der Waals surface area contributed by atoms with Crippen LogP contribution in [0.5, 0.6) is 5.75 Å². The van der Waals surface area contributed by atoms with E-state index in [1.165, 1.54) is 5.56 Å². The zero-order valence-electron chi connectivity index (χ0n) is 19.9. The van der Waals surface area contributed by atoms with Gasteiger partial charge in [-0.1, -0.05) is 72.8 Å². The summed E-state index contributed by atoms with van der Waals surface area (Å²) < 4.78 is 5.90. The van der Waals surface area contributed by atoms with Crippen LogP contribution in [-0.2, 0) is 17.8 Å². The van der Waals surface area contributed by atoms with Crippen LogP contribution in [0, 0.1) is 5.92 Å². The Morgan fingerprint density at radius 1 is 0.857 bits per heavy atom. The topological polar surface area (TPSA) is 54.5 Å². The van der Waals surface area contributed by atoms with Crippen molar-refractivity contribution >= 4 is 22.6 Å². The van der Waals surface area contributed by atoms with Gasteiger partial charge in [-0.05, 0) is 54.5 Å². The molecule has 5 nitrogen and oxygen atoms in total. The number of nitrogens with zero attached hydrogens (tertiary/aromatic N) is 2. The molecule has 5 rings (SSSR count). The summed E-state index contributed by atoms with van der Waals surface area (Å²) in [7, 11) is 0. The summed E-state index contributed by atoms with van der Waals surface area (Å²) >= 11 is 0. The number of ether oxygens (including phenoxy) is 1. The minimum absolute atomic E-state index is 0.0390. The number of nitrogens with one attached hydrogen (secondary N) is 1. The molecule has 1 saturated heterocycles. The molecule has 178 valence electrons. The molecular formula is C30H31N3O2. The lowest BCUT2D eigenvalue weighted by Crippen LogP contribution is -2.34. The van der Waals surface area contributed by atoms with Crippen LogP contribution in [0.1, 0.15) is 24.0 Å². The Hall–Kier alpha value is -3.86. The van der Waals surface area contributed by atoms with E-state index in [9.17, 15) is 4.79 Å². The molecule has 0 saturated carbocycles. The molecule has 0 unspecified atom stereocenters. The third-order valence-electron chi connectivity index (χ3n) is 6.67. The molecule has 0 spiro atoms. The Kier molecular flexibility index (Phi) is 7.23. The monoisotopic (exact) mass is 465 g/mol. The molecule has 1 aliphatic heterocycles. The number of hydrogen-bond donors (Lipinski definition) is 1. The fourth-order valence-electron chi connectivity index (χ4n) is 4.71. The van der Waals surface area contributed by atoms with Crippen LogP contribution in [0.4, 0.5) is 5.82 Å². The van der Waals surface area contributed by atoms with Gasteiger partial charge in [0, 0.05) is 25.0 Å². The summed E-state index contributed by atoms with van der Waals surface area (Å²) in [5, 5.41) is 3.92. The van der Waals surface area contributed by atoms with E-state index in [1.807, 2.05) is 48.5 Å². The Bertz CT molecular complexity index is 1250. The zero-order chi connectivity index (χ0) is 23.9. The fourth-order valence-corrected chi connectivity index (χ4v) is 4.71. The Labute approximate surface area is 206 Å². The lowest BCUT2D eigenvalue weighted by atomic mass is 9.90. The van der Waals surface area contributed by atoms with Crippen molar-refractivity contribution in [1.82, 2.24) is 10.3 Å². The highest BCUT2D eigenvalue weighted by molar-refractivity contribution is 5.86. The maximum absolute atomic E-state index is 12.3. The smallest absolute Gasteiger partial charge is 0.258 e. The summed E-state index contributed by atoms with van der Waals surface area (Å²) in [4.78, 5) is 19.7. The van der Waals surface area contributed by atoms with Crippen LogP contribution in [0.2, 0.25) is 0 Å². The minimum atomic E-state index is -0.150. The average molecular weight is 466 g/mol. The van der Waals surface area contributed by atoms with Crippen molar-refractivity contribution in [3.8, 4) is 5.75 Å². The Morgan fingerprint density at radius 3 is 2.31 bits per heavy atom. The number of para-hydroxylation sites is 1. The lowest BCUT2D eigenvalue weighted by molar-refractivity contribution is -0.123. The van der Waals surface area contributed by atoms with Gasteiger partial charge in [-0.2, -0.15) is 0 Å². The first-order valence-electron chi connectivity index (χ1n) is 12.4. The number of aromatic nitrogens is 1. The number of carbonyl (C=O) groups excluding carboxylic acids is 1. The number of piperidine rings is 1. The van der Waals surface area contributed by atoms with Crippen molar-refractivity contribution < 1.29 is 9.53 Å². The van der Waals surface area contributed by atoms with Crippen molar-refractivity contribution in [3.05, 3.63) is 102 Å². The van der Waals surface area contributed by atoms with Crippen molar-refractivity contribution in [2.75, 3.05) is 24.6 Å². The van der Waals surface area contributed by atoms with Gasteiger partial charge in [0.25, 0.3) is 5.91 Å². The van der Waals surface area contributed by atoms with E-state index >= 15 is 0 Å². The molecule has 2 heterocycles. The van der Waals surface area contributed by atoms with Gasteiger partial charge in [-0.3, -0.25) is 4.79 Å². The zero-order valence-corrected chi connectivity index (χ0v) is 19.9. The van der Waals surface area contributed by atoms with E-state index < -0.39 is 0 Å². The summed E-state index contributed by atoms with van der Waals surface area (Å²) in [6.45, 7) is 2.45. The van der Waals surface area contributed by atoms with Crippen molar-refractivity contribution in [3.63, 3.8) is 0 Å². The van der Waals surface area contributed by atoms with Gasteiger partial charge in [0.2, 0.25) is 0 Å². The SMILES string of the molecule is O=C(COc1cccc2ccc(N3CCC(Cc4ccccc4)CC3)nc12)NCc1ccccc1. The molecule has 5 heteroatoms. The molecule has 0 bridgehead atoms. The van der Waals surface area contributed by atoms with Gasteiger partial charge >= 0.3 is 0 Å². The van der Waals surface area contributed by atoms with E-state index in [0.29, 0.717) is 18.2 Å². The summed E-state index contributed by atoms with van der Waals surface area (Å²) in [6.07, 6.45) is 3.47. The second kappa shape index (κ2) is 11.0. The molecule has 0 radical (unpaired) electrons. The van der Waals surface area contributed by atoms with Crippen LogP contribution in [0.15, 0.2) is 91.0 Å². The third kappa shape index (κ3) is 5.99. The average Bonchev–Trinajstić information content (AvgIpc) is 2.92. The molecule has 1 N–H and O–H groups in total. The van der Waals surface area contributed by atoms with Crippen LogP contribution in [0.25, 0.3) is 10.9 Å². The predicted molar refractivity (Wildman–Crippen MR) is 141 cm³/mol. The highest BCUT2D eigenvalue weighted by Gasteiger charge is 2.21. The number of hydrogen-bond acceptors (Lipinski definition) is 4. The lowest BCUT2D eigenvalue weighted by Gasteiger charge is -2.33. The largest absolute Gasteiger partial charge is 0.481 e. The number of fused-ring (bicyclic) bond motifs is 1. The summed E-state index contributed by atoms with van der Waals surface area (Å²) in [5.41, 5.74) is 3.28. The van der Waals surface area contributed by atoms with Gasteiger partial charge in [-0.25, -0.2) is 4.98 Å². The molecule has 1 fully saturated rings. The molecule has 1 aliphatic rings. The molecule has 1 amide bonds. The number of rotatable bonds is 8. The molecule has 35 heavy (non-hydrogen) atoms. The maximum atomic E-state index is 12.3. The van der Waals surface area contributed by atoms with Crippen LogP contribution in [0.3, 0.4) is 0 Å².